The van der Waals surface area contributed by atoms with Crippen molar-refractivity contribution in [2.75, 3.05) is 9.80 Å². The third-order valence-corrected chi connectivity index (χ3v) is 28.7. The normalized spacial score (nSPS) is 14.4. The lowest BCUT2D eigenvalue weighted by Gasteiger charge is -2.28. The first-order valence-corrected chi connectivity index (χ1v) is 44.6. The van der Waals surface area contributed by atoms with Crippen LogP contribution in [0.4, 0.5) is 34.1 Å². The summed E-state index contributed by atoms with van der Waals surface area (Å²) in [6.45, 7) is 11.9. The Morgan fingerprint density at radius 3 is 1.20 bits per heavy atom. The van der Waals surface area contributed by atoms with Gasteiger partial charge in [0.25, 0.3) is 0 Å². The van der Waals surface area contributed by atoms with Gasteiger partial charge >= 0.3 is 0 Å². The zero-order valence-electron chi connectivity index (χ0n) is 71.5. The average Bonchev–Trinajstić information content (AvgIpc) is 1.55. The lowest BCUT2D eigenvalue weighted by molar-refractivity contribution is 0.583. The van der Waals surface area contributed by atoms with E-state index in [0.717, 1.165) is 63.0 Å². The summed E-state index contributed by atoms with van der Waals surface area (Å²) in [6.07, 6.45) is 0.847. The second-order valence-corrected chi connectivity index (χ2v) is 36.5. The van der Waals surface area contributed by atoms with Gasteiger partial charge in [-0.2, -0.15) is 0 Å². The maximum atomic E-state index is 2.50. The Balaban J connectivity index is 0.513. The smallest absolute Gasteiger partial charge is 0.0547 e. The largest absolute Gasteiger partial charge is 0.310 e. The van der Waals surface area contributed by atoms with E-state index in [0.29, 0.717) is 0 Å². The molecule has 4 heteroatoms. The summed E-state index contributed by atoms with van der Waals surface area (Å²) < 4.78 is 4.95. The Morgan fingerprint density at radius 1 is 0.205 bits per heavy atom. The molecule has 127 heavy (non-hydrogen) atoms. The second-order valence-electron chi connectivity index (χ2n) is 36.5. The van der Waals surface area contributed by atoms with Crippen molar-refractivity contribution in [1.82, 2.24) is 9.13 Å². The molecule has 2 aromatic heterocycles. The van der Waals surface area contributed by atoms with Crippen LogP contribution in [0, 0.1) is 0 Å². The first kappa shape index (κ1) is 74.0. The summed E-state index contributed by atoms with van der Waals surface area (Å²) in [7, 11) is 0. The standard InChI is InChI=1S/C123H88N4/c1-121(2)110-41-21-18-38-101(110)119-103-75-117-107(72-89(103)52-63-112(119)121)105-70-87(54-65-115(105)126(117)92-32-11-7-12-33-92)84-28-23-27-83(67-84)82-49-58-95(59-50-82)124(97-60-51-79-25-15-16-26-85(79)68-97)94-56-47-81(48-57-94)80-45-43-78(44-46-80)77-123(5)111-42-22-19-39-102(111)120-104-76-118-108(73-90(104)53-64-113(120)123)106-71-88(55-66-116(106)127(118)93-34-13-8-14-35-93)86-29-24-36-96(69-86)125(91-30-9-6-10-31-91)98-61-62-100-99-37-17-20-40-109(99)122(3,4)114(100)74-98/h6-76H,77H2,1-5H3. The Hall–Kier alpha value is -15.6. The molecule has 3 aliphatic rings. The van der Waals surface area contributed by atoms with E-state index in [4.69, 9.17) is 0 Å². The molecule has 25 rings (SSSR count). The van der Waals surface area contributed by atoms with Gasteiger partial charge in [-0.15, -0.1) is 0 Å². The Labute approximate surface area is 740 Å². The maximum absolute atomic E-state index is 2.50. The van der Waals surface area contributed by atoms with E-state index < -0.39 is 0 Å². The summed E-state index contributed by atoms with van der Waals surface area (Å²) in [5, 5.41) is 12.4. The molecule has 2 heterocycles. The third kappa shape index (κ3) is 11.7. The van der Waals surface area contributed by atoms with Crippen LogP contribution in [0.25, 0.3) is 165 Å². The van der Waals surface area contributed by atoms with Crippen molar-refractivity contribution in [3.05, 3.63) is 470 Å². The third-order valence-electron chi connectivity index (χ3n) is 28.7. The van der Waals surface area contributed by atoms with E-state index >= 15 is 0 Å². The fraction of sp³-hybridized carbons (Fsp3) is 0.0732. The molecule has 3 aliphatic carbocycles. The van der Waals surface area contributed by atoms with Gasteiger partial charge in [0.2, 0.25) is 0 Å². The van der Waals surface area contributed by atoms with Gasteiger partial charge in [-0.05, 0) is 307 Å². The number of anilines is 6. The molecule has 20 aromatic carbocycles. The van der Waals surface area contributed by atoms with Crippen LogP contribution in [0.2, 0.25) is 0 Å². The van der Waals surface area contributed by atoms with Gasteiger partial charge in [0.05, 0.1) is 22.1 Å². The first-order valence-electron chi connectivity index (χ1n) is 44.6. The van der Waals surface area contributed by atoms with Crippen LogP contribution in [0.3, 0.4) is 0 Å². The van der Waals surface area contributed by atoms with Crippen molar-refractivity contribution < 1.29 is 0 Å². The molecule has 0 aliphatic heterocycles. The van der Waals surface area contributed by atoms with Crippen LogP contribution in [0.5, 0.6) is 0 Å². The SMILES string of the molecule is CC1(C)c2ccccc2-c2ccc(N(c3ccccc3)c3cccc(-c4ccc5c(c4)c4cc6ccc7c(c6cc4n5-c4ccccc4)-c4ccccc4C7(C)Cc4ccc(-c5ccc(N(c6ccc(-c7cccc(-c8ccc9c(c8)c8cc%10ccc%11c(c%10cc8n9-c8ccccc8)-c8ccccc8C%11(C)C)c7)cc6)c6ccc7ccccc7c6)cc5)cc4)c3)cc21. The molecule has 0 spiro atoms. The van der Waals surface area contributed by atoms with Crippen molar-refractivity contribution >= 4 is 110 Å². The Bertz CT molecular complexity index is 8270. The molecule has 0 bridgehead atoms. The molecule has 1 atom stereocenters. The van der Waals surface area contributed by atoms with Crippen molar-refractivity contribution in [3.63, 3.8) is 0 Å². The number of hydrogen-bond donors (Lipinski definition) is 0. The van der Waals surface area contributed by atoms with Gasteiger partial charge < -0.3 is 18.9 Å². The minimum absolute atomic E-state index is 0.0810. The van der Waals surface area contributed by atoms with Gasteiger partial charge in [0.15, 0.2) is 0 Å². The number of fused-ring (bicyclic) bond motifs is 20. The minimum Gasteiger partial charge on any atom is -0.310 e. The van der Waals surface area contributed by atoms with E-state index in [2.05, 4.69) is 484 Å². The maximum Gasteiger partial charge on any atom is 0.0547 e. The van der Waals surface area contributed by atoms with Crippen molar-refractivity contribution in [2.24, 2.45) is 0 Å². The fourth-order valence-electron chi connectivity index (χ4n) is 22.4. The van der Waals surface area contributed by atoms with Gasteiger partial charge in [-0.25, -0.2) is 0 Å². The highest BCUT2D eigenvalue weighted by Crippen LogP contribution is 2.57. The highest BCUT2D eigenvalue weighted by Gasteiger charge is 2.42. The van der Waals surface area contributed by atoms with E-state index in [9.17, 15) is 0 Å². The Kier molecular flexibility index (Phi) is 16.6. The fourth-order valence-corrected chi connectivity index (χ4v) is 22.4. The van der Waals surface area contributed by atoms with Gasteiger partial charge in [0, 0.05) is 83.3 Å². The molecule has 0 saturated carbocycles. The van der Waals surface area contributed by atoms with E-state index in [1.165, 1.54) is 182 Å². The lowest BCUT2D eigenvalue weighted by atomic mass is 9.75. The molecule has 1 unspecified atom stereocenters. The van der Waals surface area contributed by atoms with E-state index in [-0.39, 0.29) is 16.2 Å². The first-order chi connectivity index (χ1) is 62.3. The van der Waals surface area contributed by atoms with Gasteiger partial charge in [0.1, 0.15) is 0 Å². The molecule has 0 radical (unpaired) electrons. The monoisotopic (exact) mass is 1620 g/mol. The highest BCUT2D eigenvalue weighted by molar-refractivity contribution is 6.19. The summed E-state index contributed by atoms with van der Waals surface area (Å²) in [5.41, 5.74) is 40.1. The summed E-state index contributed by atoms with van der Waals surface area (Å²) in [5.74, 6) is 0. The topological polar surface area (TPSA) is 16.3 Å². The molecule has 0 N–H and O–H groups in total. The average molecular weight is 1620 g/mol. The predicted octanol–water partition coefficient (Wildman–Crippen LogP) is 33.1. The van der Waals surface area contributed by atoms with Crippen molar-refractivity contribution in [1.29, 1.82) is 0 Å². The van der Waals surface area contributed by atoms with Crippen LogP contribution in [-0.2, 0) is 22.7 Å². The van der Waals surface area contributed by atoms with E-state index in [1.807, 2.05) is 0 Å². The zero-order valence-corrected chi connectivity index (χ0v) is 71.5. The van der Waals surface area contributed by atoms with Crippen molar-refractivity contribution in [2.45, 2.75) is 57.3 Å². The number of rotatable bonds is 14. The molecular formula is C123H88N4. The van der Waals surface area contributed by atoms with Crippen LogP contribution < -0.4 is 9.80 Å². The summed E-state index contributed by atoms with van der Waals surface area (Å²) in [6, 6.07) is 162. The lowest BCUT2D eigenvalue weighted by Crippen LogP contribution is -2.23. The molecular weight excluding hydrogens is 1530 g/mol. The number of nitrogens with zero attached hydrogens (tertiary/aromatic N) is 4. The number of para-hydroxylation sites is 3. The van der Waals surface area contributed by atoms with Crippen LogP contribution in [-0.4, -0.2) is 9.13 Å². The second kappa shape index (κ2) is 28.5. The van der Waals surface area contributed by atoms with Crippen LogP contribution in [0.1, 0.15) is 73.6 Å². The van der Waals surface area contributed by atoms with E-state index in [1.54, 1.807) is 0 Å². The number of aromatic nitrogens is 2. The predicted molar refractivity (Wildman–Crippen MR) is 536 cm³/mol. The molecule has 0 saturated heterocycles. The number of hydrogen-bond acceptors (Lipinski definition) is 2. The quantitative estimate of drug-likeness (QED) is 0.108. The summed E-state index contributed by atoms with van der Waals surface area (Å²) >= 11 is 0. The Morgan fingerprint density at radius 2 is 0.591 bits per heavy atom. The number of benzene rings is 20. The molecule has 22 aromatic rings. The van der Waals surface area contributed by atoms with Gasteiger partial charge in [-0.1, -0.05) is 314 Å². The summed E-state index contributed by atoms with van der Waals surface area (Å²) in [4.78, 5) is 4.82. The highest BCUT2D eigenvalue weighted by atomic mass is 15.1. The van der Waals surface area contributed by atoms with Crippen LogP contribution >= 0.6 is 0 Å². The van der Waals surface area contributed by atoms with Crippen LogP contribution in [0.15, 0.2) is 431 Å². The zero-order chi connectivity index (χ0) is 84.5. The minimum atomic E-state index is -0.296. The molecule has 0 fully saturated rings. The van der Waals surface area contributed by atoms with Crippen molar-refractivity contribution in [3.8, 4) is 89.3 Å². The molecule has 600 valence electrons. The van der Waals surface area contributed by atoms with Gasteiger partial charge in [-0.3, -0.25) is 0 Å². The molecule has 4 nitrogen and oxygen atoms in total. The molecule has 0 amide bonds.